The van der Waals surface area contributed by atoms with Crippen LogP contribution in [0.4, 0.5) is 0 Å². The molecule has 0 radical (unpaired) electrons. The Morgan fingerprint density at radius 3 is 2.72 bits per heavy atom. The van der Waals surface area contributed by atoms with Gasteiger partial charge < -0.3 is 14.4 Å². The Bertz CT molecular complexity index is 824. The summed E-state index contributed by atoms with van der Waals surface area (Å²) in [6.45, 7) is 5.78. The topological polar surface area (TPSA) is 24.9 Å². The molecular weight excluding hydrogens is 360 g/mol. The number of fused-ring (bicyclic) bond motifs is 3. The highest BCUT2D eigenvalue weighted by atomic mass is 16.5. The van der Waals surface area contributed by atoms with Crippen LogP contribution in [-0.4, -0.2) is 67.9 Å². The van der Waals surface area contributed by atoms with Gasteiger partial charge in [-0.1, -0.05) is 6.07 Å². The molecule has 5 unspecified atom stereocenters. The number of ether oxygens (including phenoxy) is 2. The molecular formula is C25H36N2O2. The van der Waals surface area contributed by atoms with Gasteiger partial charge in [-0.3, -0.25) is 4.90 Å². The zero-order chi connectivity index (χ0) is 20.0. The lowest BCUT2D eigenvalue weighted by Crippen LogP contribution is -2.75. The molecule has 3 aliphatic heterocycles. The average Bonchev–Trinajstić information content (AvgIpc) is 3.49. The summed E-state index contributed by atoms with van der Waals surface area (Å²) in [5.41, 5.74) is 3.18. The van der Waals surface area contributed by atoms with Crippen molar-refractivity contribution in [1.29, 1.82) is 0 Å². The van der Waals surface area contributed by atoms with E-state index in [2.05, 4.69) is 49.0 Å². The van der Waals surface area contributed by atoms with Gasteiger partial charge in [-0.2, -0.15) is 0 Å². The van der Waals surface area contributed by atoms with E-state index in [4.69, 9.17) is 9.47 Å². The molecule has 0 aromatic heterocycles. The van der Waals surface area contributed by atoms with E-state index in [9.17, 15) is 0 Å². The normalized spacial score (nSPS) is 43.2. The zero-order valence-electron chi connectivity index (χ0n) is 18.5. The van der Waals surface area contributed by atoms with Crippen molar-refractivity contribution < 1.29 is 9.47 Å². The summed E-state index contributed by atoms with van der Waals surface area (Å²) in [6, 6.07) is 7.35. The molecule has 0 amide bonds. The van der Waals surface area contributed by atoms with Gasteiger partial charge in [0.25, 0.3) is 0 Å². The van der Waals surface area contributed by atoms with Gasteiger partial charge in [0, 0.05) is 30.1 Å². The largest absolute Gasteiger partial charge is 0.497 e. The molecule has 2 bridgehead atoms. The first kappa shape index (κ1) is 18.7. The Morgan fingerprint density at radius 1 is 1.24 bits per heavy atom. The summed E-state index contributed by atoms with van der Waals surface area (Å²) in [5.74, 6) is 2.73. The summed E-state index contributed by atoms with van der Waals surface area (Å²) in [7, 11) is 6.32. The van der Waals surface area contributed by atoms with Crippen molar-refractivity contribution in [3.63, 3.8) is 0 Å². The summed E-state index contributed by atoms with van der Waals surface area (Å²) in [4.78, 5) is 5.28. The van der Waals surface area contributed by atoms with Crippen LogP contribution in [0.25, 0.3) is 0 Å². The highest BCUT2D eigenvalue weighted by molar-refractivity contribution is 5.48. The van der Waals surface area contributed by atoms with Crippen molar-refractivity contribution >= 4 is 0 Å². The van der Waals surface area contributed by atoms with Gasteiger partial charge in [0.05, 0.1) is 19.3 Å². The predicted molar refractivity (Wildman–Crippen MR) is 115 cm³/mol. The minimum atomic E-state index is -0.0142. The lowest BCUT2D eigenvalue weighted by atomic mass is 9.53. The third-order valence-electron chi connectivity index (χ3n) is 9.50. The van der Waals surface area contributed by atoms with Gasteiger partial charge >= 0.3 is 0 Å². The first-order valence-corrected chi connectivity index (χ1v) is 11.6. The van der Waals surface area contributed by atoms with Gasteiger partial charge in [-0.25, -0.2) is 0 Å². The molecule has 3 aliphatic carbocycles. The molecule has 7 rings (SSSR count). The highest BCUT2D eigenvalue weighted by Crippen LogP contribution is 2.69. The fourth-order valence-electron chi connectivity index (χ4n) is 7.80. The maximum Gasteiger partial charge on any atom is 0.119 e. The maximum atomic E-state index is 7.08. The number of hydrogen-bond acceptors (Lipinski definition) is 4. The van der Waals surface area contributed by atoms with E-state index in [0.29, 0.717) is 6.04 Å². The number of rotatable bonds is 5. The molecule has 1 aromatic rings. The summed E-state index contributed by atoms with van der Waals surface area (Å²) in [6.07, 6.45) is 7.85. The van der Waals surface area contributed by atoms with Gasteiger partial charge in [-0.15, -0.1) is 0 Å². The number of benzene rings is 1. The maximum absolute atomic E-state index is 7.08. The Morgan fingerprint density at radius 2 is 2.07 bits per heavy atom. The van der Waals surface area contributed by atoms with Crippen molar-refractivity contribution in [3.05, 3.63) is 29.3 Å². The molecule has 4 nitrogen and oxygen atoms in total. The molecule has 29 heavy (non-hydrogen) atoms. The van der Waals surface area contributed by atoms with Crippen LogP contribution in [0.2, 0.25) is 0 Å². The number of likely N-dealkylation sites (N-methyl/N-ethyl adjacent to an activating group) is 1. The van der Waals surface area contributed by atoms with E-state index in [1.165, 1.54) is 62.7 Å². The van der Waals surface area contributed by atoms with Crippen LogP contribution in [0, 0.1) is 18.8 Å². The molecule has 6 aliphatic rings. The highest BCUT2D eigenvalue weighted by Gasteiger charge is 2.76. The minimum absolute atomic E-state index is 0.0142. The van der Waals surface area contributed by atoms with E-state index < -0.39 is 0 Å². The smallest absolute Gasteiger partial charge is 0.119 e. The van der Waals surface area contributed by atoms with Gasteiger partial charge in [0.1, 0.15) is 5.75 Å². The molecule has 158 valence electrons. The lowest BCUT2D eigenvalue weighted by Gasteiger charge is -2.66. The second kappa shape index (κ2) is 5.99. The molecule has 3 saturated carbocycles. The van der Waals surface area contributed by atoms with Gasteiger partial charge in [0.2, 0.25) is 0 Å². The minimum Gasteiger partial charge on any atom is -0.497 e. The first-order chi connectivity index (χ1) is 13.9. The zero-order valence-corrected chi connectivity index (χ0v) is 18.5. The second-order valence-electron chi connectivity index (χ2n) is 11.0. The van der Waals surface area contributed by atoms with Crippen molar-refractivity contribution in [3.8, 4) is 5.75 Å². The van der Waals surface area contributed by atoms with Crippen molar-refractivity contribution in [1.82, 2.24) is 9.80 Å². The van der Waals surface area contributed by atoms with Gasteiger partial charge in [0.15, 0.2) is 0 Å². The van der Waals surface area contributed by atoms with E-state index in [1.807, 2.05) is 0 Å². The SMILES string of the molecule is COc1ccc(C)c(C23CC4CN(CC5CC5)C4C24CCC(N(C)C)(CO4)C3)c1. The molecule has 5 atom stereocenters. The molecule has 0 N–H and O–H groups in total. The number of aryl methyl sites for hydroxylation is 1. The molecule has 1 spiro atoms. The Labute approximate surface area is 175 Å². The average molecular weight is 397 g/mol. The number of likely N-dealkylation sites (tertiary alicyclic amines) is 1. The van der Waals surface area contributed by atoms with Gasteiger partial charge in [-0.05, 0) is 94.6 Å². The third kappa shape index (κ3) is 2.31. The van der Waals surface area contributed by atoms with Crippen LogP contribution in [0.3, 0.4) is 0 Å². The quantitative estimate of drug-likeness (QED) is 0.759. The van der Waals surface area contributed by atoms with E-state index in [-0.39, 0.29) is 16.6 Å². The summed E-state index contributed by atoms with van der Waals surface area (Å²) < 4.78 is 12.8. The van der Waals surface area contributed by atoms with Crippen LogP contribution in [0.5, 0.6) is 5.75 Å². The Hall–Kier alpha value is -1.10. The molecule has 4 heteroatoms. The number of nitrogens with zero attached hydrogens (tertiary/aromatic N) is 2. The summed E-state index contributed by atoms with van der Waals surface area (Å²) >= 11 is 0. The molecule has 6 fully saturated rings. The van der Waals surface area contributed by atoms with E-state index in [1.54, 1.807) is 7.11 Å². The fraction of sp³-hybridized carbons (Fsp3) is 0.760. The van der Waals surface area contributed by atoms with Crippen LogP contribution >= 0.6 is 0 Å². The molecule has 1 aromatic carbocycles. The number of methoxy groups -OCH3 is 1. The monoisotopic (exact) mass is 396 g/mol. The molecule has 3 heterocycles. The third-order valence-corrected chi connectivity index (χ3v) is 9.50. The fourth-order valence-corrected chi connectivity index (χ4v) is 7.80. The van der Waals surface area contributed by atoms with Crippen LogP contribution < -0.4 is 4.74 Å². The van der Waals surface area contributed by atoms with Crippen LogP contribution in [0.1, 0.15) is 49.7 Å². The van der Waals surface area contributed by atoms with Crippen molar-refractivity contribution in [2.24, 2.45) is 11.8 Å². The Balaban J connectivity index is 1.48. The van der Waals surface area contributed by atoms with Crippen molar-refractivity contribution in [2.45, 2.75) is 68.0 Å². The lowest BCUT2D eigenvalue weighted by molar-refractivity contribution is -0.248. The number of hydrogen-bond donors (Lipinski definition) is 0. The van der Waals surface area contributed by atoms with E-state index in [0.717, 1.165) is 24.2 Å². The van der Waals surface area contributed by atoms with Crippen molar-refractivity contribution in [2.75, 3.05) is 40.9 Å². The predicted octanol–water partition coefficient (Wildman–Crippen LogP) is 3.61. The second-order valence-corrected chi connectivity index (χ2v) is 11.0. The summed E-state index contributed by atoms with van der Waals surface area (Å²) in [5, 5.41) is 0. The van der Waals surface area contributed by atoms with Crippen LogP contribution in [-0.2, 0) is 10.2 Å². The molecule has 3 saturated heterocycles. The first-order valence-electron chi connectivity index (χ1n) is 11.6. The van der Waals surface area contributed by atoms with Crippen LogP contribution in [0.15, 0.2) is 18.2 Å². The Kier molecular flexibility index (Phi) is 3.85. The standard InChI is InChI=1S/C25H36N2O2/c1-17-5-8-20(28-4)11-21(17)24-12-19-14-27(13-18-6-7-18)22(19)25(24)10-9-23(15-24,16-29-25)26(2)3/h5,8,11,18-19,22H,6-7,9-10,12-16H2,1-4H3. The van der Waals surface area contributed by atoms with E-state index >= 15 is 0 Å².